The molecule has 9 nitrogen and oxygen atoms in total. The molecule has 0 spiro atoms. The van der Waals surface area contributed by atoms with Crippen LogP contribution < -0.4 is 16.0 Å². The Morgan fingerprint density at radius 3 is 2.81 bits per heavy atom. The molecule has 3 rings (SSSR count). The molecule has 1 aromatic rings. The number of aryl methyl sites for hydroxylation is 1. The zero-order valence-corrected chi connectivity index (χ0v) is 23.1. The molecule has 0 saturated carbocycles. The first-order chi connectivity index (χ1) is 17.9. The van der Waals surface area contributed by atoms with Gasteiger partial charge in [-0.2, -0.15) is 0 Å². The van der Waals surface area contributed by atoms with Crippen LogP contribution in [0.3, 0.4) is 0 Å². The maximum atomic E-state index is 13.1. The summed E-state index contributed by atoms with van der Waals surface area (Å²) < 4.78 is 16.6. The number of nitrogens with zero attached hydrogens (tertiary/aromatic N) is 1. The van der Waals surface area contributed by atoms with E-state index in [1.807, 2.05) is 37.1 Å². The topological polar surface area (TPSA) is 101 Å². The van der Waals surface area contributed by atoms with E-state index in [1.165, 1.54) is 13.5 Å². The third kappa shape index (κ3) is 9.32. The Kier molecular flexibility index (Phi) is 12.2. The summed E-state index contributed by atoms with van der Waals surface area (Å²) in [5.74, 6) is 0.643. The lowest BCUT2D eigenvalue weighted by atomic mass is 9.86. The zero-order chi connectivity index (χ0) is 26.6. The standard InChI is InChI=1S/C27H43ClN4O5/c1-19-8-9-22(28)15-24(19)25(37-13-10-30-27(34)35-3)21-7-4-11-32(17-21)26(33)31-16-23(29-2)14-20-6-5-12-36-18-20/h8-9,15,20-21,23,25,29H,4-7,10-14,16-18H2,1-3H3,(H,30,34)(H,31,33)/t20-,21-,23-,25?/m1/s1. The Morgan fingerprint density at radius 1 is 1.24 bits per heavy atom. The summed E-state index contributed by atoms with van der Waals surface area (Å²) in [5.41, 5.74) is 2.10. The summed E-state index contributed by atoms with van der Waals surface area (Å²) in [6.07, 6.45) is 4.37. The van der Waals surface area contributed by atoms with E-state index in [2.05, 4.69) is 20.7 Å². The van der Waals surface area contributed by atoms with Gasteiger partial charge in [0.05, 0.1) is 19.8 Å². The number of likely N-dealkylation sites (tertiary alicyclic amines) is 1. The van der Waals surface area contributed by atoms with E-state index in [-0.39, 0.29) is 24.1 Å². The van der Waals surface area contributed by atoms with Gasteiger partial charge in [-0.3, -0.25) is 0 Å². The highest BCUT2D eigenvalue weighted by molar-refractivity contribution is 6.30. The molecule has 0 aromatic heterocycles. The number of methoxy groups -OCH3 is 1. The summed E-state index contributed by atoms with van der Waals surface area (Å²) >= 11 is 6.34. The summed E-state index contributed by atoms with van der Waals surface area (Å²) in [6.45, 7) is 6.24. The summed E-state index contributed by atoms with van der Waals surface area (Å²) in [5, 5.41) is 9.80. The molecule has 2 aliphatic rings. The van der Waals surface area contributed by atoms with Gasteiger partial charge >= 0.3 is 12.1 Å². The second kappa shape index (κ2) is 15.4. The number of hydrogen-bond acceptors (Lipinski definition) is 6. The van der Waals surface area contributed by atoms with Crippen molar-refractivity contribution in [2.45, 2.75) is 51.2 Å². The maximum absolute atomic E-state index is 13.1. The van der Waals surface area contributed by atoms with Crippen molar-refractivity contribution in [2.75, 3.05) is 60.2 Å². The summed E-state index contributed by atoms with van der Waals surface area (Å²) in [4.78, 5) is 26.5. The minimum Gasteiger partial charge on any atom is -0.453 e. The molecule has 2 saturated heterocycles. The van der Waals surface area contributed by atoms with Crippen LogP contribution >= 0.6 is 11.6 Å². The third-order valence-corrected chi connectivity index (χ3v) is 7.59. The van der Waals surface area contributed by atoms with Gasteiger partial charge in [-0.05, 0) is 75.3 Å². The molecule has 0 aliphatic carbocycles. The molecule has 2 aliphatic heterocycles. The number of alkyl carbamates (subject to hydrolysis) is 1. The van der Waals surface area contributed by atoms with Gasteiger partial charge in [0.2, 0.25) is 0 Å². The van der Waals surface area contributed by atoms with Crippen molar-refractivity contribution in [3.8, 4) is 0 Å². The van der Waals surface area contributed by atoms with Crippen LogP contribution in [0.25, 0.3) is 0 Å². The molecule has 10 heteroatoms. The van der Waals surface area contributed by atoms with Crippen molar-refractivity contribution in [3.63, 3.8) is 0 Å². The summed E-state index contributed by atoms with van der Waals surface area (Å²) in [7, 11) is 3.28. The SMILES string of the molecule is CN[C@@H](CNC(=O)N1CCC[C@@H](C(OCCNC(=O)OC)c2cc(Cl)ccc2C)C1)C[C@H]1CCCOC1. The van der Waals surface area contributed by atoms with Crippen LogP contribution in [0.5, 0.6) is 0 Å². The first-order valence-electron chi connectivity index (χ1n) is 13.4. The second-order valence-corrected chi connectivity index (χ2v) is 10.5. The molecule has 1 unspecified atom stereocenters. The number of urea groups is 1. The van der Waals surface area contributed by atoms with Crippen molar-refractivity contribution in [1.29, 1.82) is 0 Å². The molecule has 2 fully saturated rings. The number of hydrogen-bond donors (Lipinski definition) is 3. The Balaban J connectivity index is 1.60. The van der Waals surface area contributed by atoms with E-state index in [9.17, 15) is 9.59 Å². The third-order valence-electron chi connectivity index (χ3n) is 7.36. The predicted octanol–water partition coefficient (Wildman–Crippen LogP) is 3.89. The van der Waals surface area contributed by atoms with Crippen molar-refractivity contribution < 1.29 is 23.8 Å². The van der Waals surface area contributed by atoms with Gasteiger partial charge in [-0.1, -0.05) is 17.7 Å². The highest BCUT2D eigenvalue weighted by Crippen LogP contribution is 2.35. The Bertz CT molecular complexity index is 867. The Labute approximate surface area is 225 Å². The van der Waals surface area contributed by atoms with Gasteiger partial charge in [0, 0.05) is 56.4 Å². The van der Waals surface area contributed by atoms with Gasteiger partial charge in [-0.15, -0.1) is 0 Å². The number of carbonyl (C=O) groups is 2. The van der Waals surface area contributed by atoms with Gasteiger partial charge < -0.3 is 35.1 Å². The number of ether oxygens (including phenoxy) is 3. The van der Waals surface area contributed by atoms with Crippen molar-refractivity contribution in [1.82, 2.24) is 20.9 Å². The minimum absolute atomic E-state index is 0.0428. The van der Waals surface area contributed by atoms with Gasteiger partial charge in [0.25, 0.3) is 0 Å². The number of likely N-dealkylation sites (N-methyl/N-ethyl adjacent to an activating group) is 1. The molecular weight excluding hydrogens is 496 g/mol. The number of amides is 3. The predicted molar refractivity (Wildman–Crippen MR) is 144 cm³/mol. The molecule has 0 bridgehead atoms. The molecule has 4 atom stereocenters. The van der Waals surface area contributed by atoms with Crippen LogP contribution in [-0.4, -0.2) is 83.2 Å². The quantitative estimate of drug-likeness (QED) is 0.370. The van der Waals surface area contributed by atoms with Crippen LogP contribution in [-0.2, 0) is 14.2 Å². The highest BCUT2D eigenvalue weighted by atomic mass is 35.5. The second-order valence-electron chi connectivity index (χ2n) is 10.0. The average Bonchev–Trinajstić information content (AvgIpc) is 2.92. The fourth-order valence-electron chi connectivity index (χ4n) is 5.27. The van der Waals surface area contributed by atoms with Crippen LogP contribution in [0.4, 0.5) is 9.59 Å². The largest absolute Gasteiger partial charge is 0.453 e. The smallest absolute Gasteiger partial charge is 0.406 e. The first kappa shape index (κ1) is 29.5. The van der Waals surface area contributed by atoms with E-state index in [1.54, 1.807) is 0 Å². The number of benzene rings is 1. The highest BCUT2D eigenvalue weighted by Gasteiger charge is 2.32. The number of rotatable bonds is 11. The van der Waals surface area contributed by atoms with Crippen LogP contribution in [0.1, 0.15) is 49.3 Å². The molecule has 37 heavy (non-hydrogen) atoms. The van der Waals surface area contributed by atoms with Gasteiger partial charge in [0.1, 0.15) is 0 Å². The zero-order valence-electron chi connectivity index (χ0n) is 22.4. The number of halogens is 1. The van der Waals surface area contributed by atoms with Crippen LogP contribution in [0.15, 0.2) is 18.2 Å². The van der Waals surface area contributed by atoms with Crippen LogP contribution in [0, 0.1) is 18.8 Å². The molecule has 1 aromatic carbocycles. The molecule has 0 radical (unpaired) electrons. The number of nitrogens with one attached hydrogen (secondary N) is 3. The van der Waals surface area contributed by atoms with E-state index in [0.717, 1.165) is 50.0 Å². The molecule has 3 N–H and O–H groups in total. The maximum Gasteiger partial charge on any atom is 0.406 e. The number of carbonyl (C=O) groups excluding carboxylic acids is 2. The first-order valence-corrected chi connectivity index (χ1v) is 13.8. The van der Waals surface area contributed by atoms with Crippen molar-refractivity contribution in [3.05, 3.63) is 34.3 Å². The van der Waals surface area contributed by atoms with E-state index < -0.39 is 6.09 Å². The monoisotopic (exact) mass is 538 g/mol. The normalized spacial score (nSPS) is 21.7. The van der Waals surface area contributed by atoms with Crippen LogP contribution in [0.2, 0.25) is 5.02 Å². The fourth-order valence-corrected chi connectivity index (χ4v) is 5.45. The summed E-state index contributed by atoms with van der Waals surface area (Å²) in [6, 6.07) is 5.97. The molecular formula is C27H43ClN4O5. The van der Waals surface area contributed by atoms with E-state index in [4.69, 9.17) is 21.1 Å². The Hall–Kier alpha value is -2.07. The average molecular weight is 539 g/mol. The lowest BCUT2D eigenvalue weighted by Crippen LogP contribution is -2.50. The minimum atomic E-state index is -0.490. The molecule has 208 valence electrons. The van der Waals surface area contributed by atoms with E-state index in [0.29, 0.717) is 43.7 Å². The lowest BCUT2D eigenvalue weighted by molar-refractivity contribution is -0.00885. The van der Waals surface area contributed by atoms with Gasteiger partial charge in [-0.25, -0.2) is 9.59 Å². The van der Waals surface area contributed by atoms with Gasteiger partial charge in [0.15, 0.2) is 0 Å². The Morgan fingerprint density at radius 2 is 2.08 bits per heavy atom. The molecule has 3 amide bonds. The van der Waals surface area contributed by atoms with E-state index >= 15 is 0 Å². The van der Waals surface area contributed by atoms with Crippen molar-refractivity contribution in [2.24, 2.45) is 11.8 Å². The fraction of sp³-hybridized carbons (Fsp3) is 0.704. The molecule has 2 heterocycles. The van der Waals surface area contributed by atoms with Crippen molar-refractivity contribution >= 4 is 23.7 Å². The number of piperidine rings is 1. The lowest BCUT2D eigenvalue weighted by Gasteiger charge is -2.38.